The summed E-state index contributed by atoms with van der Waals surface area (Å²) in [5, 5.41) is 10.1. The molecule has 2 rings (SSSR count). The fourth-order valence-corrected chi connectivity index (χ4v) is 2.47. The smallest absolute Gasteiger partial charge is 0.387 e. The van der Waals surface area contributed by atoms with Gasteiger partial charge in [0.1, 0.15) is 24.1 Å². The predicted octanol–water partition coefficient (Wildman–Crippen LogP) is -2.72. The molecule has 0 bridgehead atoms. The minimum absolute atomic E-state index is 0.0233. The minimum Gasteiger partial charge on any atom is -0.387 e. The molecule has 17 heteroatoms. The Hall–Kier alpha value is -1.22. The summed E-state index contributed by atoms with van der Waals surface area (Å²) in [5.74, 6) is 0.0233. The normalized spacial score (nSPS) is 25.7. The van der Waals surface area contributed by atoms with Crippen LogP contribution in [0.1, 0.15) is 6.23 Å². The molecular formula is C10H19N3O12P2. The van der Waals surface area contributed by atoms with Gasteiger partial charge in [-0.15, -0.1) is 0 Å². The summed E-state index contributed by atoms with van der Waals surface area (Å²) in [5.41, 5.74) is 4.68. The van der Waals surface area contributed by atoms with E-state index >= 15 is 0 Å². The second-order valence-corrected chi connectivity index (χ2v) is 7.36. The number of ether oxygens (including phenoxy) is 2. The van der Waals surface area contributed by atoms with E-state index in [-0.39, 0.29) is 5.82 Å². The van der Waals surface area contributed by atoms with Crippen molar-refractivity contribution in [3.63, 3.8) is 0 Å². The molecule has 8 N–H and O–H groups in total. The number of methoxy groups -OCH3 is 1. The summed E-state index contributed by atoms with van der Waals surface area (Å²) in [7, 11) is -8.05. The molecule has 0 amide bonds. The van der Waals surface area contributed by atoms with E-state index in [1.165, 1.54) is 19.4 Å². The molecule has 0 radical (unpaired) electrons. The Morgan fingerprint density at radius 1 is 1.30 bits per heavy atom. The van der Waals surface area contributed by atoms with Gasteiger partial charge in [0.25, 0.3) is 0 Å². The number of hydrogen-bond acceptors (Lipinski definition) is 9. The highest BCUT2D eigenvalue weighted by Gasteiger charge is 2.46. The average molecular weight is 435 g/mol. The van der Waals surface area contributed by atoms with Crippen LogP contribution in [-0.4, -0.2) is 71.2 Å². The van der Waals surface area contributed by atoms with Crippen molar-refractivity contribution < 1.29 is 52.7 Å². The molecule has 4 atom stereocenters. The first kappa shape index (κ1) is 23.8. The van der Waals surface area contributed by atoms with Gasteiger partial charge in [0.2, 0.25) is 0 Å². The van der Waals surface area contributed by atoms with Gasteiger partial charge in [-0.1, -0.05) is 0 Å². The fourth-order valence-electron chi connectivity index (χ4n) is 2.12. The van der Waals surface area contributed by atoms with Crippen LogP contribution in [0.15, 0.2) is 17.1 Å². The quantitative estimate of drug-likeness (QED) is 0.232. The molecule has 1 aliphatic heterocycles. The molecule has 0 aromatic carbocycles. The molecule has 156 valence electrons. The highest BCUT2D eigenvalue weighted by atomic mass is 31.2. The van der Waals surface area contributed by atoms with Crippen LogP contribution in [0.5, 0.6) is 0 Å². The molecule has 1 aromatic rings. The number of nitrogen functional groups attached to an aromatic ring is 1. The van der Waals surface area contributed by atoms with Crippen molar-refractivity contribution >= 4 is 21.5 Å². The molecule has 0 spiro atoms. The molecule has 0 unspecified atom stereocenters. The van der Waals surface area contributed by atoms with Crippen LogP contribution in [0.25, 0.3) is 0 Å². The number of aliphatic hydroxyl groups excluding tert-OH is 1. The van der Waals surface area contributed by atoms with Gasteiger partial charge in [-0.25, -0.2) is 13.9 Å². The number of nitrogens with two attached hydrogens (primary N) is 1. The molecule has 1 aliphatic rings. The number of anilines is 1. The third-order valence-electron chi connectivity index (χ3n) is 3.12. The van der Waals surface area contributed by atoms with Crippen LogP contribution >= 0.6 is 15.6 Å². The maximum atomic E-state index is 11.8. The van der Waals surface area contributed by atoms with Crippen molar-refractivity contribution in [2.45, 2.75) is 24.5 Å². The van der Waals surface area contributed by atoms with Gasteiger partial charge >= 0.3 is 21.3 Å². The van der Waals surface area contributed by atoms with Gasteiger partial charge in [0.05, 0.1) is 6.61 Å². The van der Waals surface area contributed by atoms with Gasteiger partial charge < -0.3 is 44.8 Å². The Labute approximate surface area is 151 Å². The number of hydrogen-bond donors (Lipinski definition) is 7. The monoisotopic (exact) mass is 435 g/mol. The van der Waals surface area contributed by atoms with E-state index in [9.17, 15) is 14.5 Å². The molecule has 0 aliphatic carbocycles. The van der Waals surface area contributed by atoms with Crippen molar-refractivity contribution in [2.24, 2.45) is 0 Å². The van der Waals surface area contributed by atoms with E-state index in [2.05, 4.69) is 9.51 Å². The average Bonchev–Trinajstić information content (AvgIpc) is 2.78. The van der Waals surface area contributed by atoms with Gasteiger partial charge in [-0.2, -0.15) is 4.98 Å². The van der Waals surface area contributed by atoms with Gasteiger partial charge in [0.15, 0.2) is 6.23 Å². The van der Waals surface area contributed by atoms with Crippen LogP contribution in [0, 0.1) is 0 Å². The number of rotatable bonds is 5. The standard InChI is InChI=1S/C10H16N3O8P.H3O4P/c1-19-8-7(14)5(4-20-22(16,17)18)21-9(8)13-3-2-6(11)12-10(13)15;1-5(2,3)4/h2-3,5,7-9,14H,4H2,1H3,(H2,11,12,15)(H2,16,17,18);(H3,1,2,3,4)/t5-,7-,8-,9-;/m1./s1. The maximum Gasteiger partial charge on any atom is 0.469 e. The van der Waals surface area contributed by atoms with E-state index < -0.39 is 52.5 Å². The first-order valence-corrected chi connectivity index (χ1v) is 10.0. The number of aliphatic hydroxyl groups is 1. The summed E-state index contributed by atoms with van der Waals surface area (Å²) in [6, 6.07) is 1.36. The Kier molecular flexibility index (Phi) is 8.22. The second kappa shape index (κ2) is 9.32. The lowest BCUT2D eigenvalue weighted by Crippen LogP contribution is -2.37. The third-order valence-corrected chi connectivity index (χ3v) is 3.60. The molecule has 0 saturated carbocycles. The summed E-state index contributed by atoms with van der Waals surface area (Å²) in [4.78, 5) is 54.3. The highest BCUT2D eigenvalue weighted by molar-refractivity contribution is 7.46. The summed E-state index contributed by atoms with van der Waals surface area (Å²) < 4.78 is 35.5. The molecule has 1 fully saturated rings. The van der Waals surface area contributed by atoms with Crippen molar-refractivity contribution in [1.29, 1.82) is 0 Å². The summed E-state index contributed by atoms with van der Waals surface area (Å²) in [6.07, 6.45) is -3.02. The predicted molar refractivity (Wildman–Crippen MR) is 85.9 cm³/mol. The second-order valence-electron chi connectivity index (χ2n) is 5.10. The van der Waals surface area contributed by atoms with E-state index in [1.807, 2.05) is 0 Å². The van der Waals surface area contributed by atoms with Gasteiger partial charge in [-0.05, 0) is 6.07 Å². The molecule has 2 heterocycles. The van der Waals surface area contributed by atoms with Crippen LogP contribution in [0.2, 0.25) is 0 Å². The zero-order valence-electron chi connectivity index (χ0n) is 13.7. The lowest BCUT2D eigenvalue weighted by atomic mass is 10.1. The molecule has 1 saturated heterocycles. The van der Waals surface area contributed by atoms with Crippen molar-refractivity contribution in [3.8, 4) is 0 Å². The first-order valence-electron chi connectivity index (χ1n) is 6.92. The topological polar surface area (TPSA) is 244 Å². The zero-order chi connectivity index (χ0) is 21.0. The van der Waals surface area contributed by atoms with Gasteiger partial charge in [-0.3, -0.25) is 9.09 Å². The van der Waals surface area contributed by atoms with E-state index in [0.29, 0.717) is 0 Å². The zero-order valence-corrected chi connectivity index (χ0v) is 15.5. The Balaban J connectivity index is 0.000000646. The van der Waals surface area contributed by atoms with Crippen molar-refractivity contribution in [1.82, 2.24) is 9.55 Å². The first-order chi connectivity index (χ1) is 12.2. The van der Waals surface area contributed by atoms with Crippen molar-refractivity contribution in [2.75, 3.05) is 19.5 Å². The Morgan fingerprint density at radius 3 is 2.30 bits per heavy atom. The van der Waals surface area contributed by atoms with Crippen LogP contribution < -0.4 is 11.4 Å². The van der Waals surface area contributed by atoms with Crippen molar-refractivity contribution in [3.05, 3.63) is 22.7 Å². The summed E-state index contributed by atoms with van der Waals surface area (Å²) >= 11 is 0. The molecule has 27 heavy (non-hydrogen) atoms. The van der Waals surface area contributed by atoms with E-state index in [0.717, 1.165) is 4.57 Å². The fraction of sp³-hybridized carbons (Fsp3) is 0.600. The summed E-state index contributed by atoms with van der Waals surface area (Å²) in [6.45, 7) is -0.570. The van der Waals surface area contributed by atoms with Crippen LogP contribution in [-0.2, 0) is 23.1 Å². The molecule has 15 nitrogen and oxygen atoms in total. The highest BCUT2D eigenvalue weighted by Crippen LogP contribution is 2.38. The largest absolute Gasteiger partial charge is 0.469 e. The molecular weight excluding hydrogens is 416 g/mol. The maximum absolute atomic E-state index is 11.8. The van der Waals surface area contributed by atoms with E-state index in [1.54, 1.807) is 0 Å². The Morgan fingerprint density at radius 2 is 1.85 bits per heavy atom. The Bertz CT molecular complexity index is 767. The number of nitrogens with zero attached hydrogens (tertiary/aromatic N) is 2. The molecule has 1 aromatic heterocycles. The van der Waals surface area contributed by atoms with E-state index in [4.69, 9.17) is 44.2 Å². The van der Waals surface area contributed by atoms with Crippen LogP contribution in [0.4, 0.5) is 5.82 Å². The number of phosphoric ester groups is 1. The third kappa shape index (κ3) is 8.13. The van der Waals surface area contributed by atoms with Gasteiger partial charge in [0, 0.05) is 13.3 Å². The minimum atomic E-state index is -4.71. The lowest BCUT2D eigenvalue weighted by molar-refractivity contribution is -0.0619. The SMILES string of the molecule is CO[C@@H]1[C@H](O)[C@@H](COP(=O)(O)O)O[C@H]1n1ccc(N)nc1=O.O=P(O)(O)O. The number of aromatic nitrogens is 2. The lowest BCUT2D eigenvalue weighted by Gasteiger charge is -2.20. The number of phosphoric acid groups is 2. The van der Waals surface area contributed by atoms with Crippen LogP contribution in [0.3, 0.4) is 0 Å².